The molecule has 0 amide bonds. The fourth-order valence-electron chi connectivity index (χ4n) is 2.59. The highest BCUT2D eigenvalue weighted by atomic mass is 19.1. The smallest absolute Gasteiger partial charge is 0.358 e. The van der Waals surface area contributed by atoms with Crippen molar-refractivity contribution in [3.05, 3.63) is 83.4 Å². The van der Waals surface area contributed by atoms with E-state index >= 15 is 0 Å². The van der Waals surface area contributed by atoms with Crippen molar-refractivity contribution in [3.8, 4) is 16.9 Å². The zero-order valence-electron chi connectivity index (χ0n) is 13.6. The Morgan fingerprint density at radius 3 is 2.60 bits per heavy atom. The summed E-state index contributed by atoms with van der Waals surface area (Å²) in [4.78, 5) is 15.5. The molecule has 1 aromatic heterocycles. The molecule has 0 fully saturated rings. The molecule has 25 heavy (non-hydrogen) atoms. The van der Waals surface area contributed by atoms with Gasteiger partial charge in [0.05, 0.1) is 0 Å². The second-order valence-electron chi connectivity index (χ2n) is 5.56. The molecular formula is C20H16FNO3. The van der Waals surface area contributed by atoms with Gasteiger partial charge in [0.15, 0.2) is 11.4 Å². The summed E-state index contributed by atoms with van der Waals surface area (Å²) in [5.74, 6) is -1.35. The maximum atomic E-state index is 13.5. The summed E-state index contributed by atoms with van der Waals surface area (Å²) in [6.45, 7) is 1.96. The van der Waals surface area contributed by atoms with Gasteiger partial charge in [-0.3, -0.25) is 0 Å². The first kappa shape index (κ1) is 16.6. The predicted molar refractivity (Wildman–Crippen MR) is 92.1 cm³/mol. The van der Waals surface area contributed by atoms with Crippen LogP contribution in [-0.4, -0.2) is 16.1 Å². The van der Waals surface area contributed by atoms with Gasteiger partial charge in [-0.1, -0.05) is 42.5 Å². The first-order valence-corrected chi connectivity index (χ1v) is 7.72. The molecule has 0 bridgehead atoms. The fourth-order valence-corrected chi connectivity index (χ4v) is 2.59. The largest absolute Gasteiger partial charge is 0.486 e. The van der Waals surface area contributed by atoms with Crippen LogP contribution in [0.4, 0.5) is 4.39 Å². The van der Waals surface area contributed by atoms with Crippen LogP contribution in [0.2, 0.25) is 0 Å². The molecule has 1 heterocycles. The molecule has 126 valence electrons. The first-order chi connectivity index (χ1) is 12.1. The number of nitrogens with zero attached hydrogens (tertiary/aromatic N) is 1. The van der Waals surface area contributed by atoms with Gasteiger partial charge in [-0.15, -0.1) is 0 Å². The standard InChI is InChI=1S/C20H16FNO3/c1-13-17(15-8-5-9-16(21)10-15)11-22-18(20(23)24)19(13)25-12-14-6-3-2-4-7-14/h2-11H,12H2,1H3,(H,23,24). The molecule has 0 saturated carbocycles. The van der Waals surface area contributed by atoms with Crippen molar-refractivity contribution in [1.82, 2.24) is 4.98 Å². The average Bonchev–Trinajstić information content (AvgIpc) is 2.61. The van der Waals surface area contributed by atoms with Gasteiger partial charge >= 0.3 is 5.97 Å². The molecule has 0 spiro atoms. The Morgan fingerprint density at radius 2 is 1.92 bits per heavy atom. The summed E-state index contributed by atoms with van der Waals surface area (Å²) < 4.78 is 19.3. The van der Waals surface area contributed by atoms with E-state index in [1.54, 1.807) is 19.1 Å². The van der Waals surface area contributed by atoms with E-state index < -0.39 is 5.97 Å². The SMILES string of the molecule is Cc1c(-c2cccc(F)c2)cnc(C(=O)O)c1OCc1ccccc1. The maximum Gasteiger partial charge on any atom is 0.358 e. The molecule has 1 N–H and O–H groups in total. The molecule has 0 saturated heterocycles. The van der Waals surface area contributed by atoms with E-state index in [-0.39, 0.29) is 23.9 Å². The van der Waals surface area contributed by atoms with Crippen LogP contribution in [0.25, 0.3) is 11.1 Å². The molecule has 0 atom stereocenters. The van der Waals surface area contributed by atoms with Gasteiger partial charge in [0, 0.05) is 17.3 Å². The fraction of sp³-hybridized carbons (Fsp3) is 0.100. The number of pyridine rings is 1. The third-order valence-electron chi connectivity index (χ3n) is 3.85. The van der Waals surface area contributed by atoms with Crippen molar-refractivity contribution in [2.75, 3.05) is 0 Å². The van der Waals surface area contributed by atoms with Gasteiger partial charge in [0.25, 0.3) is 0 Å². The van der Waals surface area contributed by atoms with Crippen LogP contribution in [0.15, 0.2) is 60.8 Å². The lowest BCUT2D eigenvalue weighted by Crippen LogP contribution is -2.08. The molecule has 4 nitrogen and oxygen atoms in total. The summed E-state index contributed by atoms with van der Waals surface area (Å²) in [5.41, 5.74) is 2.61. The zero-order valence-corrected chi connectivity index (χ0v) is 13.6. The third kappa shape index (κ3) is 3.66. The van der Waals surface area contributed by atoms with Crippen molar-refractivity contribution >= 4 is 5.97 Å². The number of halogens is 1. The molecule has 5 heteroatoms. The maximum absolute atomic E-state index is 13.5. The van der Waals surface area contributed by atoms with E-state index in [1.807, 2.05) is 30.3 Å². The third-order valence-corrected chi connectivity index (χ3v) is 3.85. The van der Waals surface area contributed by atoms with Gasteiger partial charge in [0.1, 0.15) is 12.4 Å². The van der Waals surface area contributed by atoms with E-state index in [0.717, 1.165) is 5.56 Å². The number of carboxylic acids is 1. The molecule has 0 unspecified atom stereocenters. The highest BCUT2D eigenvalue weighted by Crippen LogP contribution is 2.32. The van der Waals surface area contributed by atoms with Gasteiger partial charge in [-0.25, -0.2) is 14.2 Å². The Balaban J connectivity index is 2.02. The lowest BCUT2D eigenvalue weighted by molar-refractivity contribution is 0.0684. The van der Waals surface area contributed by atoms with Crippen LogP contribution in [0.5, 0.6) is 5.75 Å². The van der Waals surface area contributed by atoms with Crippen LogP contribution in [0.1, 0.15) is 21.6 Å². The monoisotopic (exact) mass is 337 g/mol. The van der Waals surface area contributed by atoms with Crippen LogP contribution in [0.3, 0.4) is 0 Å². The minimum absolute atomic E-state index is 0.159. The summed E-state index contributed by atoms with van der Waals surface area (Å²) in [7, 11) is 0. The minimum Gasteiger partial charge on any atom is -0.486 e. The molecule has 0 aliphatic carbocycles. The average molecular weight is 337 g/mol. The van der Waals surface area contributed by atoms with E-state index in [4.69, 9.17) is 4.74 Å². The van der Waals surface area contributed by atoms with Crippen molar-refractivity contribution in [3.63, 3.8) is 0 Å². The molecular weight excluding hydrogens is 321 g/mol. The van der Waals surface area contributed by atoms with E-state index in [9.17, 15) is 14.3 Å². The summed E-state index contributed by atoms with van der Waals surface area (Å²) in [5, 5.41) is 9.39. The first-order valence-electron chi connectivity index (χ1n) is 7.72. The van der Waals surface area contributed by atoms with Gasteiger partial charge < -0.3 is 9.84 Å². The van der Waals surface area contributed by atoms with E-state index in [1.165, 1.54) is 18.3 Å². The number of rotatable bonds is 5. The van der Waals surface area contributed by atoms with E-state index in [0.29, 0.717) is 16.7 Å². The number of ether oxygens (including phenoxy) is 1. The van der Waals surface area contributed by atoms with Crippen LogP contribution in [-0.2, 0) is 6.61 Å². The Hall–Kier alpha value is -3.21. The molecule has 0 aliphatic heterocycles. The van der Waals surface area contributed by atoms with Gasteiger partial charge in [-0.05, 0) is 30.2 Å². The molecule has 0 aliphatic rings. The lowest BCUT2D eigenvalue weighted by atomic mass is 10.0. The van der Waals surface area contributed by atoms with Crippen LogP contribution < -0.4 is 4.74 Å². The number of aromatic nitrogens is 1. The number of benzene rings is 2. The van der Waals surface area contributed by atoms with Crippen LogP contribution in [0, 0.1) is 12.7 Å². The quantitative estimate of drug-likeness (QED) is 0.746. The van der Waals surface area contributed by atoms with Crippen molar-refractivity contribution in [2.24, 2.45) is 0 Å². The molecule has 0 radical (unpaired) electrons. The number of hydrogen-bond donors (Lipinski definition) is 1. The Labute approximate surface area is 144 Å². The number of hydrogen-bond acceptors (Lipinski definition) is 3. The highest BCUT2D eigenvalue weighted by molar-refractivity contribution is 5.90. The lowest BCUT2D eigenvalue weighted by Gasteiger charge is -2.15. The normalized spacial score (nSPS) is 10.5. The minimum atomic E-state index is -1.17. The summed E-state index contributed by atoms with van der Waals surface area (Å²) >= 11 is 0. The Morgan fingerprint density at radius 1 is 1.16 bits per heavy atom. The second-order valence-corrected chi connectivity index (χ2v) is 5.56. The van der Waals surface area contributed by atoms with Gasteiger partial charge in [-0.2, -0.15) is 0 Å². The number of aromatic carboxylic acids is 1. The highest BCUT2D eigenvalue weighted by Gasteiger charge is 2.19. The molecule has 3 rings (SSSR count). The summed E-state index contributed by atoms with van der Waals surface area (Å²) in [6, 6.07) is 15.5. The van der Waals surface area contributed by atoms with Crippen molar-refractivity contribution in [1.29, 1.82) is 0 Å². The molecule has 3 aromatic rings. The predicted octanol–water partition coefficient (Wildman–Crippen LogP) is 4.47. The number of carboxylic acid groups (broad SMARTS) is 1. The Bertz CT molecular complexity index is 910. The Kier molecular flexibility index (Phi) is 4.75. The van der Waals surface area contributed by atoms with E-state index in [2.05, 4.69) is 4.98 Å². The summed E-state index contributed by atoms with van der Waals surface area (Å²) in [6.07, 6.45) is 1.43. The van der Waals surface area contributed by atoms with Crippen molar-refractivity contribution in [2.45, 2.75) is 13.5 Å². The zero-order chi connectivity index (χ0) is 17.8. The van der Waals surface area contributed by atoms with Gasteiger partial charge in [0.2, 0.25) is 0 Å². The molecule has 2 aromatic carbocycles. The van der Waals surface area contributed by atoms with Crippen LogP contribution >= 0.6 is 0 Å². The second kappa shape index (κ2) is 7.13. The topological polar surface area (TPSA) is 59.4 Å². The van der Waals surface area contributed by atoms with Crippen molar-refractivity contribution < 1.29 is 19.0 Å². The number of carbonyl (C=O) groups is 1.